The Morgan fingerprint density at radius 1 is 0.345 bits per heavy atom. The van der Waals surface area contributed by atoms with Crippen LogP contribution >= 0.6 is 0 Å². The van der Waals surface area contributed by atoms with E-state index in [0.29, 0.717) is 11.4 Å². The maximum Gasteiger partial charge on any atom is 0.211 e. The Bertz CT molecular complexity index is 3420. The van der Waals surface area contributed by atoms with Crippen molar-refractivity contribution in [2.45, 2.75) is 0 Å². The van der Waals surface area contributed by atoms with Crippen molar-refractivity contribution in [2.24, 2.45) is 0 Å². The molecule has 0 aliphatic rings. The Labute approximate surface area is 316 Å². The molecule has 0 bridgehead atoms. The molecule has 0 atom stereocenters. The molecule has 0 aliphatic heterocycles. The molecule has 3 heterocycles. The third kappa shape index (κ3) is 4.45. The number of nitrogens with zero attached hydrogens (tertiary/aromatic N) is 5. The van der Waals surface area contributed by atoms with Gasteiger partial charge in [0.15, 0.2) is 5.69 Å². The van der Waals surface area contributed by atoms with E-state index in [9.17, 15) is 0 Å². The molecule has 0 saturated carbocycles. The Kier molecular flexibility index (Phi) is 6.61. The van der Waals surface area contributed by atoms with Gasteiger partial charge in [-0.15, -0.1) is 0 Å². The second kappa shape index (κ2) is 11.8. The molecule has 0 radical (unpaired) electrons. The Morgan fingerprint density at radius 2 is 0.836 bits per heavy atom. The molecule has 0 amide bonds. The van der Waals surface area contributed by atoms with Gasteiger partial charge in [0.05, 0.1) is 57.6 Å². The average Bonchev–Trinajstić information content (AvgIpc) is 3.88. The summed E-state index contributed by atoms with van der Waals surface area (Å²) in [4.78, 5) is 7.78. The van der Waals surface area contributed by atoms with Crippen molar-refractivity contribution >= 4 is 76.8 Å². The number of para-hydroxylation sites is 5. The van der Waals surface area contributed by atoms with E-state index in [2.05, 4.69) is 163 Å². The number of aromatic nitrogens is 3. The van der Waals surface area contributed by atoms with Crippen LogP contribution < -0.4 is 0 Å². The second-order valence-electron chi connectivity index (χ2n) is 13.9. The molecule has 11 aromatic rings. The molecular formula is C50H29N5. The molecule has 5 heteroatoms. The van der Waals surface area contributed by atoms with Gasteiger partial charge in [0.1, 0.15) is 0 Å². The van der Waals surface area contributed by atoms with Gasteiger partial charge in [-0.1, -0.05) is 103 Å². The van der Waals surface area contributed by atoms with Gasteiger partial charge in [0.25, 0.3) is 0 Å². The predicted molar refractivity (Wildman–Crippen MR) is 227 cm³/mol. The third-order valence-electron chi connectivity index (χ3n) is 11.1. The fourth-order valence-electron chi connectivity index (χ4n) is 8.73. The normalized spacial score (nSPS) is 11.6. The summed E-state index contributed by atoms with van der Waals surface area (Å²) in [6.45, 7) is 16.0. The molecule has 0 N–H and O–H groups in total. The zero-order valence-corrected chi connectivity index (χ0v) is 29.5. The molecule has 0 spiro atoms. The van der Waals surface area contributed by atoms with Gasteiger partial charge in [-0.05, 0) is 83.7 Å². The molecule has 0 saturated heterocycles. The van der Waals surface area contributed by atoms with Gasteiger partial charge in [-0.2, -0.15) is 0 Å². The smallest absolute Gasteiger partial charge is 0.211 e. The Hall–Kier alpha value is -7.86. The SMILES string of the molecule is [C-]#[N+]c1ccc2c(c1)c1ccccc1n2-c1ccc(-c2ccccc2-n2c3ccccc3c3cc(-n4c5ccccc5c5ccccc54)ccc32)cc1[N+]#[C-]. The summed E-state index contributed by atoms with van der Waals surface area (Å²) in [5.74, 6) is 0. The summed E-state index contributed by atoms with van der Waals surface area (Å²) in [6.07, 6.45) is 0. The predicted octanol–water partition coefficient (Wildman–Crippen LogP) is 13.7. The van der Waals surface area contributed by atoms with Gasteiger partial charge >= 0.3 is 0 Å². The van der Waals surface area contributed by atoms with Crippen molar-refractivity contribution < 1.29 is 0 Å². The van der Waals surface area contributed by atoms with Crippen LogP contribution in [-0.2, 0) is 0 Å². The Morgan fingerprint density at radius 3 is 1.45 bits per heavy atom. The van der Waals surface area contributed by atoms with Crippen LogP contribution in [0.15, 0.2) is 176 Å². The van der Waals surface area contributed by atoms with Crippen LogP contribution in [0.1, 0.15) is 0 Å². The maximum absolute atomic E-state index is 8.38. The molecule has 254 valence electrons. The van der Waals surface area contributed by atoms with E-state index >= 15 is 0 Å². The van der Waals surface area contributed by atoms with Crippen LogP contribution in [-0.4, -0.2) is 13.7 Å². The molecule has 0 unspecified atom stereocenters. The highest BCUT2D eigenvalue weighted by atomic mass is 15.0. The average molecular weight is 700 g/mol. The third-order valence-corrected chi connectivity index (χ3v) is 11.1. The van der Waals surface area contributed by atoms with Gasteiger partial charge in [-0.25, -0.2) is 9.69 Å². The lowest BCUT2D eigenvalue weighted by atomic mass is 10.0. The van der Waals surface area contributed by atoms with Crippen LogP contribution in [0, 0.1) is 13.1 Å². The van der Waals surface area contributed by atoms with E-state index < -0.39 is 0 Å². The monoisotopic (exact) mass is 699 g/mol. The minimum absolute atomic E-state index is 0.558. The lowest BCUT2D eigenvalue weighted by Crippen LogP contribution is -1.98. The van der Waals surface area contributed by atoms with Crippen LogP contribution in [0.25, 0.3) is 103 Å². The first-order valence-electron chi connectivity index (χ1n) is 18.3. The first-order valence-corrected chi connectivity index (χ1v) is 18.3. The summed E-state index contributed by atoms with van der Waals surface area (Å²) in [5.41, 5.74) is 12.7. The van der Waals surface area contributed by atoms with E-state index in [0.717, 1.165) is 61.0 Å². The highest BCUT2D eigenvalue weighted by Gasteiger charge is 2.20. The summed E-state index contributed by atoms with van der Waals surface area (Å²) < 4.78 is 6.89. The lowest BCUT2D eigenvalue weighted by Gasteiger charge is -2.16. The van der Waals surface area contributed by atoms with E-state index in [1.54, 1.807) is 0 Å². The van der Waals surface area contributed by atoms with Crippen molar-refractivity contribution in [1.29, 1.82) is 0 Å². The molecule has 3 aromatic heterocycles. The van der Waals surface area contributed by atoms with Gasteiger partial charge in [0, 0.05) is 38.2 Å². The van der Waals surface area contributed by atoms with Crippen molar-refractivity contribution in [3.05, 3.63) is 199 Å². The topological polar surface area (TPSA) is 23.5 Å². The van der Waals surface area contributed by atoms with Gasteiger partial charge < -0.3 is 13.7 Å². The molecule has 0 fully saturated rings. The van der Waals surface area contributed by atoms with Crippen LogP contribution in [0.2, 0.25) is 0 Å². The van der Waals surface area contributed by atoms with Crippen LogP contribution in [0.4, 0.5) is 11.4 Å². The first kappa shape index (κ1) is 30.7. The van der Waals surface area contributed by atoms with E-state index in [-0.39, 0.29) is 0 Å². The largest absolute Gasteiger partial charge is 0.319 e. The van der Waals surface area contributed by atoms with Crippen molar-refractivity contribution in [1.82, 2.24) is 13.7 Å². The fourth-order valence-corrected chi connectivity index (χ4v) is 8.73. The molecule has 0 aliphatic carbocycles. The zero-order valence-electron chi connectivity index (χ0n) is 29.5. The highest BCUT2D eigenvalue weighted by molar-refractivity contribution is 6.13. The number of benzene rings is 8. The molecule has 5 nitrogen and oxygen atoms in total. The minimum Gasteiger partial charge on any atom is -0.319 e. The van der Waals surface area contributed by atoms with Gasteiger partial charge in [-0.3, -0.25) is 0 Å². The van der Waals surface area contributed by atoms with Crippen LogP contribution in [0.3, 0.4) is 0 Å². The maximum atomic E-state index is 8.38. The number of hydrogen-bond donors (Lipinski definition) is 0. The summed E-state index contributed by atoms with van der Waals surface area (Å²) >= 11 is 0. The standard InChI is InChI=1S/C50H29N5/c1-51-33-24-27-48-40(30-33)38-16-6-12-22-47(38)55(48)50-26-23-32(29-42(50)52-2)35-13-3-8-18-43(35)54-46-21-11-7-17-39(46)41-31-34(25-28-49(41)54)53-44-19-9-4-14-36(44)37-15-5-10-20-45(37)53/h3-31H. The van der Waals surface area contributed by atoms with Gasteiger partial charge in [0.2, 0.25) is 5.69 Å². The highest BCUT2D eigenvalue weighted by Crippen LogP contribution is 2.42. The molecule has 8 aromatic carbocycles. The first-order chi connectivity index (χ1) is 27.2. The quantitative estimate of drug-likeness (QED) is 0.163. The molecule has 11 rings (SSSR count). The second-order valence-corrected chi connectivity index (χ2v) is 13.9. The van der Waals surface area contributed by atoms with E-state index in [1.807, 2.05) is 36.4 Å². The molecular weight excluding hydrogens is 671 g/mol. The number of hydrogen-bond acceptors (Lipinski definition) is 0. The zero-order chi connectivity index (χ0) is 36.6. The van der Waals surface area contributed by atoms with E-state index in [1.165, 1.54) is 32.6 Å². The number of rotatable bonds is 4. The van der Waals surface area contributed by atoms with Crippen molar-refractivity contribution in [2.75, 3.05) is 0 Å². The summed E-state index contributed by atoms with van der Waals surface area (Å²) in [6, 6.07) is 61.4. The van der Waals surface area contributed by atoms with Crippen LogP contribution in [0.5, 0.6) is 0 Å². The Balaban J connectivity index is 1.10. The summed E-state index contributed by atoms with van der Waals surface area (Å²) in [5, 5.41) is 6.90. The molecule has 55 heavy (non-hydrogen) atoms. The van der Waals surface area contributed by atoms with Crippen molar-refractivity contribution in [3.63, 3.8) is 0 Å². The summed E-state index contributed by atoms with van der Waals surface area (Å²) in [7, 11) is 0. The minimum atomic E-state index is 0.558. The van der Waals surface area contributed by atoms with Crippen molar-refractivity contribution in [3.8, 4) is 28.2 Å². The number of fused-ring (bicyclic) bond motifs is 9. The lowest BCUT2D eigenvalue weighted by molar-refractivity contribution is 1.16. The van der Waals surface area contributed by atoms with E-state index in [4.69, 9.17) is 13.1 Å². The fraction of sp³-hybridized carbons (Fsp3) is 0.